The summed E-state index contributed by atoms with van der Waals surface area (Å²) in [7, 11) is 0. The maximum atomic E-state index is 13.0. The lowest BCUT2D eigenvalue weighted by molar-refractivity contribution is -0.139. The number of ether oxygens (including phenoxy) is 1. The van der Waals surface area contributed by atoms with E-state index in [-0.39, 0.29) is 17.0 Å². The number of primary amides is 1. The van der Waals surface area contributed by atoms with Crippen LogP contribution in [0.2, 0.25) is 0 Å². The number of Topliss-reactive ketones (excluding diaryl/α,β-unsaturated/α-hetero) is 1. The minimum absolute atomic E-state index is 0.0133. The second-order valence-corrected chi connectivity index (χ2v) is 8.81. The zero-order valence-corrected chi connectivity index (χ0v) is 20.4. The van der Waals surface area contributed by atoms with E-state index in [0.717, 1.165) is 30.5 Å². The highest BCUT2D eigenvalue weighted by Gasteiger charge is 2.29. The van der Waals surface area contributed by atoms with Crippen molar-refractivity contribution in [1.82, 2.24) is 9.38 Å². The van der Waals surface area contributed by atoms with Gasteiger partial charge in [0.05, 0.1) is 11.3 Å². The molecule has 8 heteroatoms. The Balaban J connectivity index is 1.86. The van der Waals surface area contributed by atoms with Gasteiger partial charge in [0, 0.05) is 18.3 Å². The number of rotatable bonds is 10. The van der Waals surface area contributed by atoms with E-state index in [4.69, 9.17) is 15.6 Å². The number of aryl methyl sites for hydroxylation is 1. The molecule has 186 valence electrons. The molecule has 0 unspecified atom stereocenters. The average molecular weight is 488 g/mol. The number of carboxylic acids is 1. The van der Waals surface area contributed by atoms with Crippen molar-refractivity contribution in [3.8, 4) is 5.88 Å². The van der Waals surface area contributed by atoms with Gasteiger partial charge in [-0.3, -0.25) is 9.59 Å². The van der Waals surface area contributed by atoms with Crippen LogP contribution in [-0.4, -0.2) is 38.8 Å². The molecule has 0 atom stereocenters. The quantitative estimate of drug-likeness (QED) is 0.331. The number of benzene rings is 1. The highest BCUT2D eigenvalue weighted by molar-refractivity contribution is 6.44. The number of nitrogens with zero attached hydrogens (tertiary/aromatic N) is 2. The van der Waals surface area contributed by atoms with E-state index in [1.54, 1.807) is 13.1 Å². The van der Waals surface area contributed by atoms with Crippen molar-refractivity contribution in [2.75, 3.05) is 6.61 Å². The fraction of sp³-hybridized carbons (Fsp3) is 0.286. The summed E-state index contributed by atoms with van der Waals surface area (Å²) in [4.78, 5) is 40.5. The molecule has 0 bridgehead atoms. The normalized spacial score (nSPS) is 13.3. The van der Waals surface area contributed by atoms with Crippen molar-refractivity contribution in [2.45, 2.75) is 46.0 Å². The first-order chi connectivity index (χ1) is 17.3. The molecule has 0 aliphatic heterocycles. The molecule has 1 aliphatic rings. The molecule has 0 saturated heterocycles. The maximum absolute atomic E-state index is 13.0. The van der Waals surface area contributed by atoms with E-state index in [0.29, 0.717) is 24.1 Å². The molecule has 0 saturated carbocycles. The standard InChI is InChI=1S/C28H29N3O5/c1-3-21-22(14-20-12-8-7-11-19(20)13-18-9-5-4-6-10-18)31-15-17(2)30-28(36-16-23(32)33)25(31)24(21)26(34)27(29)35/h4-6,9-12,15H,3,7-8,13-14,16H2,1-2H3,(H2,29,35)(H,32,33). The third kappa shape index (κ3) is 5.07. The Bertz CT molecular complexity index is 1400. The predicted octanol–water partition coefficient (Wildman–Crippen LogP) is 3.77. The van der Waals surface area contributed by atoms with Gasteiger partial charge in [-0.05, 0) is 54.9 Å². The number of aliphatic carboxylic acids is 1. The monoisotopic (exact) mass is 487 g/mol. The number of nitrogens with two attached hydrogens (primary N) is 1. The van der Waals surface area contributed by atoms with E-state index >= 15 is 0 Å². The summed E-state index contributed by atoms with van der Waals surface area (Å²) in [6, 6.07) is 10.2. The molecular weight excluding hydrogens is 458 g/mol. The molecule has 3 N–H and O–H groups in total. The van der Waals surface area contributed by atoms with Gasteiger partial charge in [0.15, 0.2) is 6.61 Å². The third-order valence-corrected chi connectivity index (χ3v) is 6.31. The molecule has 0 radical (unpaired) electrons. The molecular formula is C28H29N3O5. The van der Waals surface area contributed by atoms with Crippen LogP contribution >= 0.6 is 0 Å². The van der Waals surface area contributed by atoms with E-state index in [1.807, 2.05) is 29.5 Å². The second kappa shape index (κ2) is 10.6. The minimum atomic E-state index is -1.18. The molecule has 2 heterocycles. The fourth-order valence-corrected chi connectivity index (χ4v) is 4.79. The molecule has 0 spiro atoms. The molecule has 4 rings (SSSR count). The summed E-state index contributed by atoms with van der Waals surface area (Å²) >= 11 is 0. The number of carbonyl (C=O) groups is 3. The number of hydrogen-bond acceptors (Lipinski definition) is 5. The van der Waals surface area contributed by atoms with Gasteiger partial charge in [0.1, 0.15) is 5.52 Å². The molecule has 8 nitrogen and oxygen atoms in total. The van der Waals surface area contributed by atoms with Gasteiger partial charge >= 0.3 is 5.97 Å². The predicted molar refractivity (Wildman–Crippen MR) is 135 cm³/mol. The summed E-state index contributed by atoms with van der Waals surface area (Å²) in [6.45, 7) is 3.04. The van der Waals surface area contributed by atoms with Gasteiger partial charge in [-0.15, -0.1) is 0 Å². The van der Waals surface area contributed by atoms with Crippen LogP contribution in [0.4, 0.5) is 0 Å². The van der Waals surface area contributed by atoms with Crippen molar-refractivity contribution < 1.29 is 24.2 Å². The van der Waals surface area contributed by atoms with Crippen molar-refractivity contribution in [3.63, 3.8) is 0 Å². The van der Waals surface area contributed by atoms with Gasteiger partial charge in [-0.2, -0.15) is 0 Å². The van der Waals surface area contributed by atoms with Gasteiger partial charge in [0.25, 0.3) is 11.7 Å². The van der Waals surface area contributed by atoms with Crippen molar-refractivity contribution >= 4 is 23.2 Å². The zero-order valence-electron chi connectivity index (χ0n) is 20.4. The van der Waals surface area contributed by atoms with Gasteiger partial charge in [-0.1, -0.05) is 49.4 Å². The van der Waals surface area contributed by atoms with Crippen LogP contribution in [0.1, 0.15) is 52.6 Å². The molecule has 1 amide bonds. The first-order valence-electron chi connectivity index (χ1n) is 11.9. The van der Waals surface area contributed by atoms with Crippen molar-refractivity contribution in [3.05, 3.63) is 87.9 Å². The van der Waals surface area contributed by atoms with E-state index in [1.165, 1.54) is 11.1 Å². The highest BCUT2D eigenvalue weighted by atomic mass is 16.5. The number of ketones is 1. The van der Waals surface area contributed by atoms with E-state index < -0.39 is 24.3 Å². The Hall–Kier alpha value is -4.20. The number of amides is 1. The molecule has 0 fully saturated rings. The SMILES string of the molecule is CCc1c(C(=O)C(N)=O)c2c(OCC(=O)O)nc(C)cn2c1CC1=CCCC=C1Cc1ccccc1. The minimum Gasteiger partial charge on any atom is -0.479 e. The lowest BCUT2D eigenvalue weighted by Crippen LogP contribution is -2.24. The van der Waals surface area contributed by atoms with Gasteiger partial charge in [0.2, 0.25) is 5.88 Å². The Morgan fingerprint density at radius 1 is 1.08 bits per heavy atom. The molecule has 2 aromatic heterocycles. The van der Waals surface area contributed by atoms with Crippen LogP contribution in [0.5, 0.6) is 5.88 Å². The van der Waals surface area contributed by atoms with Crippen molar-refractivity contribution in [2.24, 2.45) is 5.73 Å². The van der Waals surface area contributed by atoms with Crippen LogP contribution in [0.3, 0.4) is 0 Å². The lowest BCUT2D eigenvalue weighted by Gasteiger charge is -2.18. The topological polar surface area (TPSA) is 124 Å². The first-order valence-corrected chi connectivity index (χ1v) is 11.9. The van der Waals surface area contributed by atoms with Crippen LogP contribution < -0.4 is 10.5 Å². The summed E-state index contributed by atoms with van der Waals surface area (Å²) in [6.07, 6.45) is 9.92. The summed E-state index contributed by atoms with van der Waals surface area (Å²) in [5, 5.41) is 9.14. The lowest BCUT2D eigenvalue weighted by atomic mass is 9.88. The molecule has 1 aliphatic carbocycles. The Morgan fingerprint density at radius 2 is 1.75 bits per heavy atom. The number of aromatic nitrogens is 2. The number of allylic oxidation sites excluding steroid dienone is 4. The second-order valence-electron chi connectivity index (χ2n) is 8.81. The number of fused-ring (bicyclic) bond motifs is 1. The van der Waals surface area contributed by atoms with Crippen LogP contribution in [0.15, 0.2) is 59.8 Å². The Labute approximate surface area is 209 Å². The van der Waals surface area contributed by atoms with Crippen LogP contribution in [-0.2, 0) is 28.9 Å². The first kappa shape index (κ1) is 24.9. The third-order valence-electron chi connectivity index (χ3n) is 6.31. The number of carboxylic acid groups (broad SMARTS) is 1. The summed E-state index contributed by atoms with van der Waals surface area (Å²) < 4.78 is 7.28. The average Bonchev–Trinajstić information content (AvgIpc) is 3.16. The maximum Gasteiger partial charge on any atom is 0.341 e. The van der Waals surface area contributed by atoms with Crippen LogP contribution in [0, 0.1) is 6.92 Å². The van der Waals surface area contributed by atoms with Gasteiger partial charge in [-0.25, -0.2) is 9.78 Å². The smallest absolute Gasteiger partial charge is 0.341 e. The highest BCUT2D eigenvalue weighted by Crippen LogP contribution is 2.35. The molecule has 36 heavy (non-hydrogen) atoms. The summed E-state index contributed by atoms with van der Waals surface area (Å²) in [5.74, 6) is -3.13. The Morgan fingerprint density at radius 3 is 2.36 bits per heavy atom. The van der Waals surface area contributed by atoms with Crippen LogP contribution in [0.25, 0.3) is 5.52 Å². The number of hydrogen-bond donors (Lipinski definition) is 2. The molecule has 3 aromatic rings. The fourth-order valence-electron chi connectivity index (χ4n) is 4.79. The van der Waals surface area contributed by atoms with E-state index in [2.05, 4.69) is 29.3 Å². The molecule has 1 aromatic carbocycles. The van der Waals surface area contributed by atoms with Crippen molar-refractivity contribution in [1.29, 1.82) is 0 Å². The largest absolute Gasteiger partial charge is 0.479 e. The zero-order chi connectivity index (χ0) is 25.8. The Kier molecular flexibility index (Phi) is 7.33. The van der Waals surface area contributed by atoms with Gasteiger partial charge < -0.3 is 20.0 Å². The number of carbonyl (C=O) groups excluding carboxylic acids is 2. The van der Waals surface area contributed by atoms with E-state index in [9.17, 15) is 14.4 Å². The summed E-state index contributed by atoms with van der Waals surface area (Å²) in [5.41, 5.74) is 11.5.